The van der Waals surface area contributed by atoms with Crippen molar-refractivity contribution < 1.29 is 17.9 Å². The van der Waals surface area contributed by atoms with Crippen LogP contribution in [0.1, 0.15) is 19.3 Å². The maximum absolute atomic E-state index is 12.3. The van der Waals surface area contributed by atoms with Gasteiger partial charge in [-0.15, -0.1) is 0 Å². The quantitative estimate of drug-likeness (QED) is 0.832. The molecule has 1 N–H and O–H groups in total. The topological polar surface area (TPSA) is 24.5 Å². The highest BCUT2D eigenvalue weighted by Gasteiger charge is 2.34. The van der Waals surface area contributed by atoms with Crippen LogP contribution in [-0.4, -0.2) is 57.0 Å². The second kappa shape index (κ2) is 6.90. The highest BCUT2D eigenvalue weighted by atomic mass is 19.4. The van der Waals surface area contributed by atoms with Crippen LogP contribution >= 0.6 is 0 Å². The molecule has 0 saturated carbocycles. The normalized spacial score (nSPS) is 27.0. The molecule has 0 aliphatic carbocycles. The fourth-order valence-corrected chi connectivity index (χ4v) is 2.92. The monoisotopic (exact) mass is 280 g/mol. The third kappa shape index (κ3) is 5.67. The number of nitrogens with one attached hydrogen (secondary N) is 1. The van der Waals surface area contributed by atoms with Gasteiger partial charge < -0.3 is 10.1 Å². The average Bonchev–Trinajstić information content (AvgIpc) is 2.76. The van der Waals surface area contributed by atoms with Gasteiger partial charge in [-0.2, -0.15) is 13.2 Å². The number of hydrogen-bond donors (Lipinski definition) is 1. The first-order valence-electron chi connectivity index (χ1n) is 7.10. The minimum atomic E-state index is -4.07. The van der Waals surface area contributed by atoms with Gasteiger partial charge in [-0.3, -0.25) is 4.90 Å². The molecule has 3 nitrogen and oxygen atoms in total. The van der Waals surface area contributed by atoms with Crippen LogP contribution in [0.2, 0.25) is 0 Å². The maximum Gasteiger partial charge on any atom is 0.401 e. The van der Waals surface area contributed by atoms with E-state index in [1.165, 1.54) is 4.90 Å². The van der Waals surface area contributed by atoms with Crippen LogP contribution in [0.15, 0.2) is 0 Å². The van der Waals surface area contributed by atoms with Crippen molar-refractivity contribution in [3.05, 3.63) is 0 Å². The lowest BCUT2D eigenvalue weighted by molar-refractivity contribution is -0.143. The third-order valence-electron chi connectivity index (χ3n) is 3.98. The summed E-state index contributed by atoms with van der Waals surface area (Å²) in [5, 5.41) is 3.42. The van der Waals surface area contributed by atoms with Crippen LogP contribution < -0.4 is 5.32 Å². The number of hydrogen-bond acceptors (Lipinski definition) is 3. The molecule has 0 bridgehead atoms. The first-order valence-corrected chi connectivity index (χ1v) is 7.10. The van der Waals surface area contributed by atoms with E-state index in [4.69, 9.17) is 4.74 Å². The Morgan fingerprint density at radius 3 is 2.42 bits per heavy atom. The summed E-state index contributed by atoms with van der Waals surface area (Å²) in [6.07, 6.45) is -1.00. The number of ether oxygens (including phenoxy) is 1. The Kier molecular flexibility index (Phi) is 5.47. The summed E-state index contributed by atoms with van der Waals surface area (Å²) in [5.41, 5.74) is 0. The Morgan fingerprint density at radius 2 is 1.74 bits per heavy atom. The zero-order valence-corrected chi connectivity index (χ0v) is 11.2. The minimum Gasteiger partial charge on any atom is -0.381 e. The molecule has 1 atom stereocenters. The molecule has 0 amide bonds. The van der Waals surface area contributed by atoms with Gasteiger partial charge in [0.15, 0.2) is 0 Å². The molecule has 0 radical (unpaired) electrons. The van der Waals surface area contributed by atoms with E-state index in [-0.39, 0.29) is 0 Å². The van der Waals surface area contributed by atoms with Crippen molar-refractivity contribution in [2.24, 2.45) is 11.8 Å². The summed E-state index contributed by atoms with van der Waals surface area (Å²) in [6, 6.07) is 0. The van der Waals surface area contributed by atoms with E-state index in [9.17, 15) is 13.2 Å². The van der Waals surface area contributed by atoms with Crippen LogP contribution in [0.25, 0.3) is 0 Å². The van der Waals surface area contributed by atoms with E-state index in [1.807, 2.05) is 0 Å². The molecule has 19 heavy (non-hydrogen) atoms. The van der Waals surface area contributed by atoms with Gasteiger partial charge in [0.1, 0.15) is 0 Å². The van der Waals surface area contributed by atoms with Crippen LogP contribution in [-0.2, 0) is 4.74 Å². The van der Waals surface area contributed by atoms with E-state index in [0.29, 0.717) is 24.9 Å². The molecule has 0 spiro atoms. The number of halogens is 3. The highest BCUT2D eigenvalue weighted by molar-refractivity contribution is 4.79. The van der Waals surface area contributed by atoms with E-state index in [1.54, 1.807) is 0 Å². The molecule has 112 valence electrons. The predicted octanol–water partition coefficient (Wildman–Crippen LogP) is 1.89. The summed E-state index contributed by atoms with van der Waals surface area (Å²) >= 11 is 0. The molecule has 0 aromatic heterocycles. The molecule has 2 fully saturated rings. The SMILES string of the molecule is FC(F)(F)CN1CCC(CNCC2CCOCC2)C1. The average molecular weight is 280 g/mol. The van der Waals surface area contributed by atoms with Crippen LogP contribution in [0.3, 0.4) is 0 Å². The lowest BCUT2D eigenvalue weighted by Crippen LogP contribution is -2.35. The van der Waals surface area contributed by atoms with Gasteiger partial charge in [-0.05, 0) is 50.7 Å². The summed E-state index contributed by atoms with van der Waals surface area (Å²) in [7, 11) is 0. The molecule has 2 saturated heterocycles. The Balaban J connectivity index is 1.57. The van der Waals surface area contributed by atoms with Gasteiger partial charge in [0, 0.05) is 19.8 Å². The van der Waals surface area contributed by atoms with Crippen molar-refractivity contribution in [3.63, 3.8) is 0 Å². The third-order valence-corrected chi connectivity index (χ3v) is 3.98. The van der Waals surface area contributed by atoms with Crippen molar-refractivity contribution in [2.75, 3.05) is 45.9 Å². The Morgan fingerprint density at radius 1 is 1.05 bits per heavy atom. The minimum absolute atomic E-state index is 0.363. The summed E-state index contributed by atoms with van der Waals surface area (Å²) < 4.78 is 42.1. The summed E-state index contributed by atoms with van der Waals surface area (Å²) in [6.45, 7) is 3.88. The van der Waals surface area contributed by atoms with Gasteiger partial charge in [0.05, 0.1) is 6.54 Å². The lowest BCUT2D eigenvalue weighted by Gasteiger charge is -2.23. The molecule has 0 aromatic carbocycles. The Labute approximate surface area is 112 Å². The molecule has 0 aromatic rings. The molecule has 2 rings (SSSR count). The fourth-order valence-electron chi connectivity index (χ4n) is 2.92. The first-order chi connectivity index (χ1) is 9.03. The van der Waals surface area contributed by atoms with Crippen molar-refractivity contribution in [2.45, 2.75) is 25.4 Å². The molecule has 2 aliphatic rings. The van der Waals surface area contributed by atoms with Crippen molar-refractivity contribution in [1.29, 1.82) is 0 Å². The maximum atomic E-state index is 12.3. The summed E-state index contributed by atoms with van der Waals surface area (Å²) in [4.78, 5) is 1.51. The lowest BCUT2D eigenvalue weighted by atomic mass is 10.00. The Bertz CT molecular complexity index is 267. The number of alkyl halides is 3. The predicted molar refractivity (Wildman–Crippen MR) is 67.0 cm³/mol. The van der Waals surface area contributed by atoms with E-state index in [0.717, 1.165) is 45.6 Å². The molecular formula is C13H23F3N2O. The zero-order chi connectivity index (χ0) is 13.7. The van der Waals surface area contributed by atoms with Gasteiger partial charge >= 0.3 is 6.18 Å². The number of rotatable bonds is 5. The van der Waals surface area contributed by atoms with E-state index in [2.05, 4.69) is 5.32 Å². The standard InChI is InChI=1S/C13H23F3N2O/c14-13(15,16)10-18-4-1-12(9-18)8-17-7-11-2-5-19-6-3-11/h11-12,17H,1-10H2. The van der Waals surface area contributed by atoms with E-state index >= 15 is 0 Å². The van der Waals surface area contributed by atoms with Gasteiger partial charge in [0.25, 0.3) is 0 Å². The summed E-state index contributed by atoms with van der Waals surface area (Å²) in [5.74, 6) is 1.03. The van der Waals surface area contributed by atoms with Crippen molar-refractivity contribution in [1.82, 2.24) is 10.2 Å². The molecular weight excluding hydrogens is 257 g/mol. The Hall–Kier alpha value is -0.330. The van der Waals surface area contributed by atoms with Crippen LogP contribution in [0, 0.1) is 11.8 Å². The van der Waals surface area contributed by atoms with Gasteiger partial charge in [-0.25, -0.2) is 0 Å². The van der Waals surface area contributed by atoms with Crippen molar-refractivity contribution >= 4 is 0 Å². The fraction of sp³-hybridized carbons (Fsp3) is 1.00. The largest absolute Gasteiger partial charge is 0.401 e. The number of nitrogens with zero attached hydrogens (tertiary/aromatic N) is 1. The smallest absolute Gasteiger partial charge is 0.381 e. The van der Waals surface area contributed by atoms with Crippen LogP contribution in [0.5, 0.6) is 0 Å². The second-order valence-electron chi connectivity index (χ2n) is 5.72. The molecule has 6 heteroatoms. The molecule has 2 heterocycles. The van der Waals surface area contributed by atoms with Crippen molar-refractivity contribution in [3.8, 4) is 0 Å². The molecule has 1 unspecified atom stereocenters. The van der Waals surface area contributed by atoms with E-state index < -0.39 is 12.7 Å². The van der Waals surface area contributed by atoms with Gasteiger partial charge in [0.2, 0.25) is 0 Å². The van der Waals surface area contributed by atoms with Crippen LogP contribution in [0.4, 0.5) is 13.2 Å². The highest BCUT2D eigenvalue weighted by Crippen LogP contribution is 2.22. The second-order valence-corrected chi connectivity index (χ2v) is 5.72. The number of likely N-dealkylation sites (tertiary alicyclic amines) is 1. The van der Waals surface area contributed by atoms with Gasteiger partial charge in [-0.1, -0.05) is 0 Å². The molecule has 2 aliphatic heterocycles. The zero-order valence-electron chi connectivity index (χ0n) is 11.2. The first kappa shape index (κ1) is 15.1.